The van der Waals surface area contributed by atoms with E-state index < -0.39 is 28.8 Å². The van der Waals surface area contributed by atoms with Gasteiger partial charge in [0.05, 0.1) is 11.3 Å². The Morgan fingerprint density at radius 1 is 0.846 bits per heavy atom. The van der Waals surface area contributed by atoms with E-state index >= 15 is 0 Å². The molecule has 0 bridgehead atoms. The maximum Gasteiger partial charge on any atom is 0.235 e. The first-order valence-corrected chi connectivity index (χ1v) is 7.77. The second-order valence-electron chi connectivity index (χ2n) is 5.47. The van der Waals surface area contributed by atoms with E-state index in [2.05, 4.69) is 9.97 Å². The first kappa shape index (κ1) is 16.5. The van der Waals surface area contributed by atoms with Gasteiger partial charge in [0.15, 0.2) is 0 Å². The quantitative estimate of drug-likeness (QED) is 0.352. The van der Waals surface area contributed by atoms with Crippen LogP contribution < -0.4 is 0 Å². The summed E-state index contributed by atoms with van der Waals surface area (Å²) in [5, 5.41) is -0.215. The molecule has 4 aromatic rings. The minimum absolute atomic E-state index is 0.0845. The average molecular weight is 378 g/mol. The van der Waals surface area contributed by atoms with Gasteiger partial charge in [0.2, 0.25) is 5.78 Å². The second-order valence-corrected chi connectivity index (χ2v) is 5.83. The lowest BCUT2D eigenvalue weighted by atomic mass is 9.99. The molecule has 0 fully saturated rings. The zero-order valence-electron chi connectivity index (χ0n) is 12.9. The van der Waals surface area contributed by atoms with Gasteiger partial charge < -0.3 is 0 Å². The van der Waals surface area contributed by atoms with Crippen molar-refractivity contribution in [2.75, 3.05) is 0 Å². The van der Waals surface area contributed by atoms with Crippen molar-refractivity contribution in [2.24, 2.45) is 0 Å². The zero-order valence-corrected chi connectivity index (χ0v) is 13.6. The molecule has 0 spiro atoms. The fourth-order valence-corrected chi connectivity index (χ4v) is 3.07. The van der Waals surface area contributed by atoms with Gasteiger partial charge in [0.25, 0.3) is 0 Å². The molecule has 4 rings (SSSR count). The van der Waals surface area contributed by atoms with E-state index in [1.165, 1.54) is 41.1 Å². The van der Waals surface area contributed by atoms with Crippen LogP contribution in [0.2, 0.25) is 5.15 Å². The van der Waals surface area contributed by atoms with Gasteiger partial charge >= 0.3 is 0 Å². The van der Waals surface area contributed by atoms with Crippen molar-refractivity contribution in [2.45, 2.75) is 0 Å². The van der Waals surface area contributed by atoms with Crippen LogP contribution in [-0.2, 0) is 0 Å². The highest BCUT2D eigenvalue weighted by Gasteiger charge is 2.24. The number of halogens is 5. The molecule has 2 aromatic carbocycles. The molecule has 130 valence electrons. The number of nitrogens with zero attached hydrogens (tertiary/aromatic N) is 3. The minimum atomic E-state index is -1.13. The molecule has 3 nitrogen and oxygen atoms in total. The summed E-state index contributed by atoms with van der Waals surface area (Å²) in [4.78, 5) is 8.06. The summed E-state index contributed by atoms with van der Waals surface area (Å²) < 4.78 is 56.9. The standard InChI is InChI=1S/C18H8ClF4N3/c19-17-15(14-12(22)7-11(21)8-13(14)23)16(9-1-3-10(20)4-2-9)26-6-5-24-18(26)25-17/h1-8H. The molecule has 0 amide bonds. The Labute approximate surface area is 149 Å². The highest BCUT2D eigenvalue weighted by molar-refractivity contribution is 6.33. The molecule has 8 heteroatoms. The Morgan fingerprint density at radius 2 is 1.50 bits per heavy atom. The first-order chi connectivity index (χ1) is 12.5. The van der Waals surface area contributed by atoms with E-state index in [1.54, 1.807) is 0 Å². The van der Waals surface area contributed by atoms with E-state index in [1.807, 2.05) is 0 Å². The fourth-order valence-electron chi connectivity index (χ4n) is 2.81. The monoisotopic (exact) mass is 377 g/mol. The summed E-state index contributed by atoms with van der Waals surface area (Å²) in [6.07, 6.45) is 2.97. The van der Waals surface area contributed by atoms with Crippen LogP contribution in [0.4, 0.5) is 17.6 Å². The molecule has 0 unspecified atom stereocenters. The fraction of sp³-hybridized carbons (Fsp3) is 0. The van der Waals surface area contributed by atoms with Crippen molar-refractivity contribution in [3.8, 4) is 22.4 Å². The van der Waals surface area contributed by atoms with Gasteiger partial charge in [-0.15, -0.1) is 0 Å². The lowest BCUT2D eigenvalue weighted by Gasteiger charge is -2.15. The largest absolute Gasteiger partial charge is 0.283 e. The van der Waals surface area contributed by atoms with Gasteiger partial charge in [0.1, 0.15) is 28.4 Å². The number of aromatic nitrogens is 3. The van der Waals surface area contributed by atoms with E-state index in [0.717, 1.165) is 0 Å². The number of rotatable bonds is 2. The molecule has 0 aliphatic rings. The second kappa shape index (κ2) is 6.10. The molecular weight excluding hydrogens is 370 g/mol. The number of imidazole rings is 1. The minimum Gasteiger partial charge on any atom is -0.283 e. The van der Waals surface area contributed by atoms with Crippen LogP contribution in [0.15, 0.2) is 48.8 Å². The molecule has 2 heterocycles. The lowest BCUT2D eigenvalue weighted by molar-refractivity contribution is 0.548. The summed E-state index contributed by atoms with van der Waals surface area (Å²) in [5.41, 5.74) is 0.0660. The number of hydrogen-bond acceptors (Lipinski definition) is 2. The van der Waals surface area contributed by atoms with E-state index in [-0.39, 0.29) is 22.2 Å². The Bertz CT molecular complexity index is 1120. The molecule has 0 atom stereocenters. The van der Waals surface area contributed by atoms with Crippen LogP contribution in [0.1, 0.15) is 0 Å². The number of benzene rings is 2. The molecule has 2 aromatic heterocycles. The Morgan fingerprint density at radius 3 is 2.15 bits per heavy atom. The van der Waals surface area contributed by atoms with Gasteiger partial charge in [-0.25, -0.2) is 22.5 Å². The smallest absolute Gasteiger partial charge is 0.235 e. The zero-order chi connectivity index (χ0) is 18.4. The highest BCUT2D eigenvalue weighted by Crippen LogP contribution is 2.39. The highest BCUT2D eigenvalue weighted by atomic mass is 35.5. The van der Waals surface area contributed by atoms with E-state index in [4.69, 9.17) is 11.6 Å². The third-order valence-electron chi connectivity index (χ3n) is 3.88. The van der Waals surface area contributed by atoms with Crippen LogP contribution in [0, 0.1) is 23.3 Å². The maximum atomic E-state index is 14.4. The predicted molar refractivity (Wildman–Crippen MR) is 88.7 cm³/mol. The van der Waals surface area contributed by atoms with Crippen LogP contribution in [0.3, 0.4) is 0 Å². The molecule has 0 saturated heterocycles. The summed E-state index contributed by atoms with van der Waals surface area (Å²) in [6, 6.07) is 6.39. The van der Waals surface area contributed by atoms with Crippen molar-refractivity contribution in [1.82, 2.24) is 14.4 Å². The van der Waals surface area contributed by atoms with Crippen LogP contribution in [-0.4, -0.2) is 14.4 Å². The van der Waals surface area contributed by atoms with Crippen molar-refractivity contribution >= 4 is 17.4 Å². The van der Waals surface area contributed by atoms with Crippen molar-refractivity contribution in [3.63, 3.8) is 0 Å². The normalized spacial score (nSPS) is 11.3. The third kappa shape index (κ3) is 2.61. The van der Waals surface area contributed by atoms with Crippen LogP contribution in [0.25, 0.3) is 28.2 Å². The molecule has 0 N–H and O–H groups in total. The van der Waals surface area contributed by atoms with Crippen molar-refractivity contribution < 1.29 is 17.6 Å². The Hall–Kier alpha value is -2.93. The average Bonchev–Trinajstić information content (AvgIpc) is 3.03. The first-order valence-electron chi connectivity index (χ1n) is 7.39. The maximum absolute atomic E-state index is 14.4. The summed E-state index contributed by atoms with van der Waals surface area (Å²) >= 11 is 6.20. The third-order valence-corrected chi connectivity index (χ3v) is 4.15. The van der Waals surface area contributed by atoms with Gasteiger partial charge in [-0.05, 0) is 29.8 Å². The Kier molecular flexibility index (Phi) is 3.88. The molecule has 26 heavy (non-hydrogen) atoms. The summed E-state index contributed by atoms with van der Waals surface area (Å²) in [5.74, 6) is -3.60. The molecule has 0 radical (unpaired) electrons. The van der Waals surface area contributed by atoms with Crippen molar-refractivity contribution in [1.29, 1.82) is 0 Å². The number of hydrogen-bond donors (Lipinski definition) is 0. The lowest BCUT2D eigenvalue weighted by Crippen LogP contribution is -2.03. The summed E-state index contributed by atoms with van der Waals surface area (Å²) in [6.45, 7) is 0. The molecular formula is C18H8ClF4N3. The topological polar surface area (TPSA) is 30.2 Å². The predicted octanol–water partition coefficient (Wildman–Crippen LogP) is 5.27. The van der Waals surface area contributed by atoms with E-state index in [0.29, 0.717) is 17.7 Å². The number of fused-ring (bicyclic) bond motifs is 1. The molecule has 0 aliphatic carbocycles. The van der Waals surface area contributed by atoms with Crippen molar-refractivity contribution in [3.05, 3.63) is 77.2 Å². The Balaban J connectivity index is 2.15. The SMILES string of the molecule is Fc1ccc(-c2c(-c3c(F)cc(F)cc3F)c(Cl)nc3nccn23)cc1. The molecule has 0 aliphatic heterocycles. The van der Waals surface area contributed by atoms with Gasteiger partial charge in [-0.1, -0.05) is 11.6 Å². The van der Waals surface area contributed by atoms with Crippen LogP contribution >= 0.6 is 11.6 Å². The van der Waals surface area contributed by atoms with Gasteiger partial charge in [0, 0.05) is 30.1 Å². The van der Waals surface area contributed by atoms with E-state index in [9.17, 15) is 17.6 Å². The van der Waals surface area contributed by atoms with Crippen LogP contribution in [0.5, 0.6) is 0 Å². The van der Waals surface area contributed by atoms with Gasteiger partial charge in [-0.3, -0.25) is 4.40 Å². The molecule has 0 saturated carbocycles. The van der Waals surface area contributed by atoms with Gasteiger partial charge in [-0.2, -0.15) is 4.98 Å². The summed E-state index contributed by atoms with van der Waals surface area (Å²) in [7, 11) is 0.